The molecule has 0 aromatic heterocycles. The van der Waals surface area contributed by atoms with Crippen LogP contribution in [0.3, 0.4) is 0 Å². The van der Waals surface area contributed by atoms with Gasteiger partial charge in [0.1, 0.15) is 5.75 Å². The minimum Gasteiger partial charge on any atom is -0.481 e. The normalized spacial score (nSPS) is 9.78. The van der Waals surface area contributed by atoms with Gasteiger partial charge in [0.15, 0.2) is 0 Å². The highest BCUT2D eigenvalue weighted by atomic mass is 16.6. The van der Waals surface area contributed by atoms with Crippen molar-refractivity contribution < 1.29 is 19.4 Å². The topological polar surface area (TPSA) is 75.6 Å². The lowest BCUT2D eigenvalue weighted by Crippen LogP contribution is -2.27. The first-order valence-corrected chi connectivity index (χ1v) is 5.91. The van der Waals surface area contributed by atoms with Crippen LogP contribution in [0.1, 0.15) is 25.7 Å². The largest absolute Gasteiger partial charge is 0.481 e. The van der Waals surface area contributed by atoms with Gasteiger partial charge in [-0.1, -0.05) is 24.6 Å². The van der Waals surface area contributed by atoms with E-state index in [1.54, 1.807) is 24.3 Å². The first-order chi connectivity index (χ1) is 8.68. The third-order valence-corrected chi connectivity index (χ3v) is 2.29. The van der Waals surface area contributed by atoms with Crippen LogP contribution in [0.4, 0.5) is 4.79 Å². The third-order valence-electron chi connectivity index (χ3n) is 2.29. The zero-order valence-electron chi connectivity index (χ0n) is 10.1. The zero-order chi connectivity index (χ0) is 13.2. The van der Waals surface area contributed by atoms with E-state index < -0.39 is 12.1 Å². The molecule has 0 saturated carbocycles. The molecule has 0 unspecified atom stereocenters. The lowest BCUT2D eigenvalue weighted by atomic mass is 10.2. The van der Waals surface area contributed by atoms with E-state index in [-0.39, 0.29) is 6.42 Å². The van der Waals surface area contributed by atoms with E-state index >= 15 is 0 Å². The molecule has 1 aromatic carbocycles. The summed E-state index contributed by atoms with van der Waals surface area (Å²) < 4.78 is 5.01. The summed E-state index contributed by atoms with van der Waals surface area (Å²) in [4.78, 5) is 21.6. The van der Waals surface area contributed by atoms with Crippen molar-refractivity contribution in [2.45, 2.75) is 25.7 Å². The van der Waals surface area contributed by atoms with Gasteiger partial charge in [0.25, 0.3) is 0 Å². The summed E-state index contributed by atoms with van der Waals surface area (Å²) in [5.74, 6) is -0.285. The molecule has 1 rings (SSSR count). The highest BCUT2D eigenvalue weighted by Crippen LogP contribution is 2.08. The van der Waals surface area contributed by atoms with Gasteiger partial charge in [-0.05, 0) is 25.0 Å². The summed E-state index contributed by atoms with van der Waals surface area (Å²) in [6, 6.07) is 8.81. The number of nitrogens with one attached hydrogen (secondary N) is 1. The van der Waals surface area contributed by atoms with Crippen LogP contribution in [0.5, 0.6) is 5.75 Å². The Kier molecular flexibility index (Phi) is 6.32. The van der Waals surface area contributed by atoms with Crippen LogP contribution in [0.25, 0.3) is 0 Å². The second kappa shape index (κ2) is 8.11. The van der Waals surface area contributed by atoms with Crippen LogP contribution in [0, 0.1) is 0 Å². The molecule has 1 amide bonds. The van der Waals surface area contributed by atoms with Crippen molar-refractivity contribution in [2.75, 3.05) is 6.54 Å². The predicted octanol–water partition coefficient (Wildman–Crippen LogP) is 2.42. The molecule has 2 N–H and O–H groups in total. The van der Waals surface area contributed by atoms with Crippen LogP contribution in [0.15, 0.2) is 30.3 Å². The molecule has 0 bridgehead atoms. The number of amides is 1. The number of benzene rings is 1. The molecule has 0 fully saturated rings. The lowest BCUT2D eigenvalue weighted by Gasteiger charge is -2.05. The number of aliphatic carboxylic acids is 1. The maximum atomic E-state index is 11.3. The Hall–Kier alpha value is -2.04. The monoisotopic (exact) mass is 251 g/mol. The van der Waals surface area contributed by atoms with Crippen molar-refractivity contribution in [3.05, 3.63) is 30.3 Å². The van der Waals surface area contributed by atoms with Gasteiger partial charge in [0, 0.05) is 13.0 Å². The van der Waals surface area contributed by atoms with E-state index in [2.05, 4.69) is 5.32 Å². The molecule has 5 nitrogen and oxygen atoms in total. The molecule has 0 atom stereocenters. The summed E-state index contributed by atoms with van der Waals surface area (Å²) in [6.45, 7) is 0.491. The summed E-state index contributed by atoms with van der Waals surface area (Å²) in [7, 11) is 0. The van der Waals surface area contributed by atoms with Crippen molar-refractivity contribution in [2.24, 2.45) is 0 Å². The van der Waals surface area contributed by atoms with Gasteiger partial charge in [-0.15, -0.1) is 0 Å². The molecular formula is C13H17NO4. The van der Waals surface area contributed by atoms with Crippen LogP contribution in [0.2, 0.25) is 0 Å². The van der Waals surface area contributed by atoms with Crippen molar-refractivity contribution >= 4 is 12.1 Å². The molecule has 0 spiro atoms. The fraction of sp³-hybridized carbons (Fsp3) is 0.385. The van der Waals surface area contributed by atoms with E-state index in [1.807, 2.05) is 6.07 Å². The smallest absolute Gasteiger partial charge is 0.412 e. The minimum atomic E-state index is -0.786. The molecule has 5 heteroatoms. The van der Waals surface area contributed by atoms with Crippen molar-refractivity contribution in [1.82, 2.24) is 5.32 Å². The Bertz CT molecular complexity index is 378. The molecule has 98 valence electrons. The molecule has 1 aromatic rings. The Labute approximate surface area is 106 Å². The molecule has 0 aliphatic rings. The third kappa shape index (κ3) is 6.52. The van der Waals surface area contributed by atoms with Crippen LogP contribution >= 0.6 is 0 Å². The fourth-order valence-electron chi connectivity index (χ4n) is 1.40. The Balaban J connectivity index is 2.05. The molecule has 0 radical (unpaired) electrons. The van der Waals surface area contributed by atoms with Gasteiger partial charge in [0.05, 0.1) is 0 Å². The van der Waals surface area contributed by atoms with E-state index in [0.717, 1.165) is 12.8 Å². The number of carbonyl (C=O) groups excluding carboxylic acids is 1. The number of carboxylic acids is 1. The maximum absolute atomic E-state index is 11.3. The number of carboxylic acid groups (broad SMARTS) is 1. The van der Waals surface area contributed by atoms with Gasteiger partial charge in [-0.25, -0.2) is 4.79 Å². The van der Waals surface area contributed by atoms with E-state index in [0.29, 0.717) is 18.7 Å². The van der Waals surface area contributed by atoms with Crippen molar-refractivity contribution in [1.29, 1.82) is 0 Å². The fourth-order valence-corrected chi connectivity index (χ4v) is 1.40. The first-order valence-electron chi connectivity index (χ1n) is 5.91. The zero-order valence-corrected chi connectivity index (χ0v) is 10.1. The van der Waals surface area contributed by atoms with Crippen LogP contribution in [-0.4, -0.2) is 23.7 Å². The standard InChI is InChI=1S/C13H17NO4/c15-12(16)9-5-2-6-10-14-13(17)18-11-7-3-1-4-8-11/h1,3-4,7-8H,2,5-6,9-10H2,(H,14,17)(H,15,16). The molecule has 0 aliphatic heterocycles. The van der Waals surface area contributed by atoms with E-state index in [1.165, 1.54) is 0 Å². The number of rotatable bonds is 7. The quantitative estimate of drug-likeness (QED) is 0.730. The molecule has 18 heavy (non-hydrogen) atoms. The van der Waals surface area contributed by atoms with Gasteiger partial charge in [0.2, 0.25) is 0 Å². The summed E-state index contributed by atoms with van der Waals surface area (Å²) >= 11 is 0. The summed E-state index contributed by atoms with van der Waals surface area (Å²) in [5.41, 5.74) is 0. The number of carbonyl (C=O) groups is 2. The second-order valence-electron chi connectivity index (χ2n) is 3.83. The SMILES string of the molecule is O=C(O)CCCCCNC(=O)Oc1ccccc1. The predicted molar refractivity (Wildman–Crippen MR) is 66.6 cm³/mol. The minimum absolute atomic E-state index is 0.175. The summed E-state index contributed by atoms with van der Waals surface area (Å²) in [6.07, 6.45) is 1.84. The Morgan fingerprint density at radius 3 is 2.50 bits per heavy atom. The van der Waals surface area contributed by atoms with Gasteiger partial charge in [-0.3, -0.25) is 4.79 Å². The molecular weight excluding hydrogens is 234 g/mol. The number of ether oxygens (including phenoxy) is 1. The first kappa shape index (κ1) is 14.0. The Morgan fingerprint density at radius 1 is 1.11 bits per heavy atom. The average Bonchev–Trinajstić information content (AvgIpc) is 2.34. The summed E-state index contributed by atoms with van der Waals surface area (Å²) in [5, 5.41) is 11.0. The van der Waals surface area contributed by atoms with Crippen LogP contribution < -0.4 is 10.1 Å². The van der Waals surface area contributed by atoms with Crippen molar-refractivity contribution in [3.63, 3.8) is 0 Å². The highest BCUT2D eigenvalue weighted by Gasteiger charge is 2.02. The van der Waals surface area contributed by atoms with E-state index in [4.69, 9.17) is 9.84 Å². The average molecular weight is 251 g/mol. The number of hydrogen-bond donors (Lipinski definition) is 2. The van der Waals surface area contributed by atoms with Gasteiger partial charge >= 0.3 is 12.1 Å². The molecule has 0 heterocycles. The second-order valence-corrected chi connectivity index (χ2v) is 3.83. The van der Waals surface area contributed by atoms with Gasteiger partial charge < -0.3 is 15.2 Å². The molecule has 0 saturated heterocycles. The van der Waals surface area contributed by atoms with Crippen LogP contribution in [-0.2, 0) is 4.79 Å². The highest BCUT2D eigenvalue weighted by molar-refractivity contribution is 5.70. The van der Waals surface area contributed by atoms with Crippen molar-refractivity contribution in [3.8, 4) is 5.75 Å². The maximum Gasteiger partial charge on any atom is 0.412 e. The number of para-hydroxylation sites is 1. The number of hydrogen-bond acceptors (Lipinski definition) is 3. The lowest BCUT2D eigenvalue weighted by molar-refractivity contribution is -0.137. The Morgan fingerprint density at radius 2 is 1.83 bits per heavy atom. The number of unbranched alkanes of at least 4 members (excludes halogenated alkanes) is 2. The van der Waals surface area contributed by atoms with E-state index in [9.17, 15) is 9.59 Å². The van der Waals surface area contributed by atoms with Gasteiger partial charge in [-0.2, -0.15) is 0 Å². The molecule has 0 aliphatic carbocycles.